The van der Waals surface area contributed by atoms with Gasteiger partial charge in [-0.2, -0.15) is 0 Å². The predicted molar refractivity (Wildman–Crippen MR) is 97.9 cm³/mol. The fraction of sp³-hybridized carbons (Fsp3) is 0.200. The Labute approximate surface area is 155 Å². The van der Waals surface area contributed by atoms with Gasteiger partial charge in [0.25, 0.3) is 5.69 Å². The molecule has 10 heteroatoms. The molecule has 0 aromatic heterocycles. The summed E-state index contributed by atoms with van der Waals surface area (Å²) in [6.07, 6.45) is 0. The molecule has 134 valence electrons. The predicted octanol–water partition coefficient (Wildman–Crippen LogP) is 3.45. The monoisotopic (exact) mass is 403 g/mol. The normalized spacial score (nSPS) is 11.4. The minimum Gasteiger partial charge on any atom is -0.365 e. The van der Waals surface area contributed by atoms with Crippen molar-refractivity contribution in [3.05, 3.63) is 62.1 Å². The number of nitrogens with one attached hydrogen (secondary N) is 1. The van der Waals surface area contributed by atoms with Gasteiger partial charge in [-0.15, -0.1) is 0 Å². The number of halogens is 2. The maximum Gasteiger partial charge on any atom is 0.293 e. The third-order valence-electron chi connectivity index (χ3n) is 3.57. The highest BCUT2D eigenvalue weighted by atomic mass is 35.5. The summed E-state index contributed by atoms with van der Waals surface area (Å²) in [7, 11) is -0.896. The second-order valence-electron chi connectivity index (χ2n) is 5.18. The zero-order valence-electron chi connectivity index (χ0n) is 13.4. The Hall–Kier alpha value is -1.87. The highest BCUT2D eigenvalue weighted by molar-refractivity contribution is 7.89. The van der Waals surface area contributed by atoms with Crippen LogP contribution in [0.5, 0.6) is 0 Å². The van der Waals surface area contributed by atoms with Gasteiger partial charge in [-0.25, -0.2) is 13.1 Å². The van der Waals surface area contributed by atoms with E-state index in [4.69, 9.17) is 23.2 Å². The Kier molecular flexibility index (Phi) is 5.89. The van der Waals surface area contributed by atoms with Crippen LogP contribution in [0.1, 0.15) is 5.56 Å². The van der Waals surface area contributed by atoms with Crippen molar-refractivity contribution < 1.29 is 13.3 Å². The number of anilines is 1. The van der Waals surface area contributed by atoms with Gasteiger partial charge in [0.1, 0.15) is 5.69 Å². The molecule has 2 aromatic carbocycles. The van der Waals surface area contributed by atoms with E-state index in [0.29, 0.717) is 15.6 Å². The Morgan fingerprint density at radius 1 is 1.24 bits per heavy atom. The van der Waals surface area contributed by atoms with Crippen molar-refractivity contribution in [1.82, 2.24) is 4.72 Å². The summed E-state index contributed by atoms with van der Waals surface area (Å²) in [5.74, 6) is 0. The van der Waals surface area contributed by atoms with Crippen LogP contribution in [0, 0.1) is 10.1 Å². The topological polar surface area (TPSA) is 92.6 Å². The molecule has 25 heavy (non-hydrogen) atoms. The molecule has 0 fully saturated rings. The van der Waals surface area contributed by atoms with Crippen molar-refractivity contribution in [3.8, 4) is 0 Å². The number of nitro groups is 1. The Morgan fingerprint density at radius 2 is 1.92 bits per heavy atom. The molecule has 0 spiro atoms. The molecule has 0 radical (unpaired) electrons. The smallest absolute Gasteiger partial charge is 0.293 e. The lowest BCUT2D eigenvalue weighted by molar-refractivity contribution is -0.384. The van der Waals surface area contributed by atoms with Crippen LogP contribution >= 0.6 is 23.2 Å². The van der Waals surface area contributed by atoms with E-state index in [1.807, 2.05) is 0 Å². The first-order valence-corrected chi connectivity index (χ1v) is 9.27. The molecule has 0 atom stereocenters. The summed E-state index contributed by atoms with van der Waals surface area (Å²) < 4.78 is 25.8. The van der Waals surface area contributed by atoms with Gasteiger partial charge in [0.15, 0.2) is 0 Å². The van der Waals surface area contributed by atoms with Gasteiger partial charge in [0, 0.05) is 19.7 Å². The number of nitro benzene ring substituents is 1. The Morgan fingerprint density at radius 3 is 2.52 bits per heavy atom. The lowest BCUT2D eigenvalue weighted by Crippen LogP contribution is -2.20. The molecule has 0 aliphatic carbocycles. The van der Waals surface area contributed by atoms with Crippen molar-refractivity contribution in [2.45, 2.75) is 11.4 Å². The number of sulfonamides is 1. The van der Waals surface area contributed by atoms with Gasteiger partial charge in [-0.05, 0) is 30.8 Å². The van der Waals surface area contributed by atoms with Gasteiger partial charge in [-0.1, -0.05) is 35.3 Å². The highest BCUT2D eigenvalue weighted by Crippen LogP contribution is 2.33. The zero-order valence-corrected chi connectivity index (χ0v) is 15.7. The summed E-state index contributed by atoms with van der Waals surface area (Å²) >= 11 is 12.1. The number of hydrogen-bond acceptors (Lipinski definition) is 5. The second-order valence-corrected chi connectivity index (χ2v) is 7.86. The van der Waals surface area contributed by atoms with E-state index in [9.17, 15) is 18.5 Å². The molecule has 0 aliphatic heterocycles. The van der Waals surface area contributed by atoms with E-state index in [1.165, 1.54) is 19.2 Å². The molecule has 0 unspecified atom stereocenters. The quantitative estimate of drug-likeness (QED) is 0.588. The SMILES string of the molecule is CNS(=O)(=O)c1ccc(N(C)Cc2cccc(Cl)c2Cl)c([N+](=O)[O-])c1. The second kappa shape index (κ2) is 7.57. The molecule has 1 N–H and O–H groups in total. The lowest BCUT2D eigenvalue weighted by atomic mass is 10.2. The summed E-state index contributed by atoms with van der Waals surface area (Å²) in [4.78, 5) is 12.2. The number of benzene rings is 2. The summed E-state index contributed by atoms with van der Waals surface area (Å²) in [6, 6.07) is 8.86. The Bertz CT molecular complexity index is 919. The minimum absolute atomic E-state index is 0.181. The van der Waals surface area contributed by atoms with Crippen molar-refractivity contribution >= 4 is 44.6 Å². The molecule has 2 rings (SSSR count). The first-order valence-electron chi connectivity index (χ1n) is 7.03. The lowest BCUT2D eigenvalue weighted by Gasteiger charge is -2.20. The Balaban J connectivity index is 2.44. The standard InChI is InChI=1S/C15H15Cl2N3O4S/c1-18-25(23,24)11-6-7-13(14(8-11)20(21)22)19(2)9-10-4-3-5-12(16)15(10)17/h3-8,18H,9H2,1-2H3. The molecule has 7 nitrogen and oxygen atoms in total. The number of nitrogens with zero attached hydrogens (tertiary/aromatic N) is 2. The van der Waals surface area contributed by atoms with E-state index in [-0.39, 0.29) is 22.8 Å². The molecule has 0 bridgehead atoms. The van der Waals surface area contributed by atoms with Crippen LogP contribution in [0.15, 0.2) is 41.3 Å². The first kappa shape index (κ1) is 19.5. The fourth-order valence-electron chi connectivity index (χ4n) is 2.27. The maximum absolute atomic E-state index is 11.9. The molecule has 0 saturated heterocycles. The zero-order chi connectivity index (χ0) is 18.8. The average molecular weight is 404 g/mol. The van der Waals surface area contributed by atoms with E-state index < -0.39 is 14.9 Å². The van der Waals surface area contributed by atoms with Crippen LogP contribution in [0.3, 0.4) is 0 Å². The van der Waals surface area contributed by atoms with E-state index >= 15 is 0 Å². The number of rotatable bonds is 6. The summed E-state index contributed by atoms with van der Waals surface area (Å²) in [5, 5.41) is 12.1. The van der Waals surface area contributed by atoms with E-state index in [1.54, 1.807) is 30.1 Å². The van der Waals surface area contributed by atoms with Gasteiger partial charge in [0.05, 0.1) is 19.9 Å². The van der Waals surface area contributed by atoms with E-state index in [0.717, 1.165) is 6.07 Å². The molecule has 0 aliphatic rings. The summed E-state index contributed by atoms with van der Waals surface area (Å²) in [6.45, 7) is 0.262. The molecular weight excluding hydrogens is 389 g/mol. The minimum atomic E-state index is -3.78. The molecule has 2 aromatic rings. The van der Waals surface area contributed by atoms with Crippen molar-refractivity contribution in [2.24, 2.45) is 0 Å². The van der Waals surface area contributed by atoms with Gasteiger partial charge in [0.2, 0.25) is 10.0 Å². The maximum atomic E-state index is 11.9. The molecule has 0 saturated carbocycles. The van der Waals surface area contributed by atoms with Crippen LogP contribution in [-0.2, 0) is 16.6 Å². The van der Waals surface area contributed by atoms with Crippen LogP contribution in [0.4, 0.5) is 11.4 Å². The molecule has 0 amide bonds. The van der Waals surface area contributed by atoms with Crippen LogP contribution in [0.2, 0.25) is 10.0 Å². The molecular formula is C15H15Cl2N3O4S. The third-order valence-corrected chi connectivity index (χ3v) is 5.84. The number of hydrogen-bond donors (Lipinski definition) is 1. The van der Waals surface area contributed by atoms with E-state index in [2.05, 4.69) is 4.72 Å². The molecule has 0 heterocycles. The van der Waals surface area contributed by atoms with Gasteiger partial charge < -0.3 is 4.90 Å². The van der Waals surface area contributed by atoms with Crippen LogP contribution < -0.4 is 9.62 Å². The third kappa shape index (κ3) is 4.21. The van der Waals surface area contributed by atoms with Crippen molar-refractivity contribution in [3.63, 3.8) is 0 Å². The first-order chi connectivity index (χ1) is 11.7. The largest absolute Gasteiger partial charge is 0.365 e. The van der Waals surface area contributed by atoms with Crippen LogP contribution in [-0.4, -0.2) is 27.4 Å². The summed E-state index contributed by atoms with van der Waals surface area (Å²) in [5.41, 5.74) is 0.631. The van der Waals surface area contributed by atoms with Gasteiger partial charge in [-0.3, -0.25) is 10.1 Å². The van der Waals surface area contributed by atoms with Crippen molar-refractivity contribution in [2.75, 3.05) is 19.0 Å². The van der Waals surface area contributed by atoms with Crippen molar-refractivity contribution in [1.29, 1.82) is 0 Å². The van der Waals surface area contributed by atoms with Crippen LogP contribution in [0.25, 0.3) is 0 Å². The fourth-order valence-corrected chi connectivity index (χ4v) is 3.40. The van der Waals surface area contributed by atoms with Gasteiger partial charge >= 0.3 is 0 Å². The average Bonchev–Trinajstić information content (AvgIpc) is 2.58. The highest BCUT2D eigenvalue weighted by Gasteiger charge is 2.23.